The van der Waals surface area contributed by atoms with Crippen LogP contribution in [0.3, 0.4) is 0 Å². The number of hydrogen-bond acceptors (Lipinski definition) is 2. The third-order valence-corrected chi connectivity index (χ3v) is 5.22. The van der Waals surface area contributed by atoms with E-state index in [9.17, 15) is 10.2 Å². The molecular weight excluding hydrogens is 368 g/mol. The van der Waals surface area contributed by atoms with E-state index < -0.39 is 11.2 Å². The van der Waals surface area contributed by atoms with Gasteiger partial charge in [-0.1, -0.05) is 127 Å². The molecule has 0 aliphatic carbocycles. The van der Waals surface area contributed by atoms with Gasteiger partial charge < -0.3 is 10.2 Å². The zero-order chi connectivity index (χ0) is 20.9. The van der Waals surface area contributed by atoms with Gasteiger partial charge in [0.05, 0.1) is 0 Å². The summed E-state index contributed by atoms with van der Waals surface area (Å²) >= 11 is 0. The summed E-state index contributed by atoms with van der Waals surface area (Å²) in [6, 6.07) is 38.5. The monoisotopic (exact) mass is 390 g/mol. The fraction of sp³-hybridized carbons (Fsp3) is 0.0714. The maximum atomic E-state index is 10.8. The van der Waals surface area contributed by atoms with Gasteiger partial charge in [-0.25, -0.2) is 0 Å². The van der Waals surface area contributed by atoms with E-state index in [4.69, 9.17) is 0 Å². The average molecular weight is 390 g/mol. The first-order chi connectivity index (χ1) is 14.6. The van der Waals surface area contributed by atoms with Crippen molar-refractivity contribution in [1.29, 1.82) is 0 Å². The van der Waals surface area contributed by atoms with Gasteiger partial charge in [0.25, 0.3) is 5.79 Å². The molecule has 0 fully saturated rings. The zero-order valence-electron chi connectivity index (χ0n) is 16.4. The Morgan fingerprint density at radius 3 is 1.03 bits per heavy atom. The third-order valence-electron chi connectivity index (χ3n) is 5.22. The minimum atomic E-state index is -2.27. The Kier molecular flexibility index (Phi) is 5.50. The van der Waals surface area contributed by atoms with Crippen LogP contribution < -0.4 is 0 Å². The molecule has 0 unspecified atom stereocenters. The third kappa shape index (κ3) is 3.77. The highest BCUT2D eigenvalue weighted by Crippen LogP contribution is 2.39. The van der Waals surface area contributed by atoms with E-state index in [1.54, 1.807) is 24.3 Å². The lowest BCUT2D eigenvalue weighted by Crippen LogP contribution is -2.30. The average Bonchev–Trinajstić information content (AvgIpc) is 2.82. The first-order valence-electron chi connectivity index (χ1n) is 9.84. The molecule has 0 aliphatic rings. The molecular formula is C28H22O2. The minimum Gasteiger partial charge on any atom is -0.352 e. The van der Waals surface area contributed by atoms with Crippen LogP contribution in [0.15, 0.2) is 121 Å². The Morgan fingerprint density at radius 1 is 0.400 bits per heavy atom. The van der Waals surface area contributed by atoms with Crippen molar-refractivity contribution in [1.82, 2.24) is 0 Å². The van der Waals surface area contributed by atoms with Gasteiger partial charge in [0, 0.05) is 5.56 Å². The maximum absolute atomic E-state index is 10.8. The second-order valence-electron chi connectivity index (χ2n) is 7.14. The second kappa shape index (κ2) is 8.39. The number of hydrogen-bond donors (Lipinski definition) is 2. The predicted octanol–water partition coefficient (Wildman–Crippen LogP) is 4.86. The summed E-state index contributed by atoms with van der Waals surface area (Å²) in [6.45, 7) is 0. The Labute approximate surface area is 177 Å². The largest absolute Gasteiger partial charge is 0.352 e. The molecule has 0 aliphatic heterocycles. The Hall–Kier alpha value is -3.64. The highest BCUT2D eigenvalue weighted by Gasteiger charge is 2.35. The van der Waals surface area contributed by atoms with Gasteiger partial charge in [-0.05, 0) is 22.6 Å². The summed E-state index contributed by atoms with van der Waals surface area (Å²) in [7, 11) is 0. The van der Waals surface area contributed by atoms with E-state index in [0.29, 0.717) is 5.56 Å². The molecule has 0 saturated heterocycles. The smallest absolute Gasteiger partial charge is 0.256 e. The van der Waals surface area contributed by atoms with Crippen LogP contribution in [-0.4, -0.2) is 10.2 Å². The van der Waals surface area contributed by atoms with E-state index >= 15 is 0 Å². The zero-order valence-corrected chi connectivity index (χ0v) is 16.4. The molecule has 2 nitrogen and oxygen atoms in total. The van der Waals surface area contributed by atoms with Crippen LogP contribution in [-0.2, 0) is 11.2 Å². The molecule has 0 radical (unpaired) electrons. The van der Waals surface area contributed by atoms with Crippen molar-refractivity contribution in [3.05, 3.63) is 144 Å². The molecule has 4 rings (SSSR count). The van der Waals surface area contributed by atoms with Gasteiger partial charge in [0.15, 0.2) is 0 Å². The fourth-order valence-electron chi connectivity index (χ4n) is 3.70. The molecule has 30 heavy (non-hydrogen) atoms. The van der Waals surface area contributed by atoms with Crippen LogP contribution >= 0.6 is 0 Å². The van der Waals surface area contributed by atoms with E-state index in [2.05, 4.69) is 11.8 Å². The van der Waals surface area contributed by atoms with E-state index in [1.807, 2.05) is 97.1 Å². The van der Waals surface area contributed by atoms with E-state index in [1.165, 1.54) is 0 Å². The van der Waals surface area contributed by atoms with Crippen LogP contribution in [0.5, 0.6) is 0 Å². The maximum Gasteiger partial charge on any atom is 0.256 e. The van der Waals surface area contributed by atoms with Crippen molar-refractivity contribution >= 4 is 0 Å². The molecule has 4 aromatic carbocycles. The summed E-state index contributed by atoms with van der Waals surface area (Å²) in [6.07, 6.45) is 0. The molecule has 0 spiro atoms. The standard InChI is InChI=1S/C28H22O2/c29-28(30,26-19-11-4-12-20-26)22-21-27(23-13-5-1-6-14-23,24-15-7-2-8-16-24)25-17-9-3-10-18-25/h1-20,29-30H. The summed E-state index contributed by atoms with van der Waals surface area (Å²) in [5.41, 5.74) is 2.34. The van der Waals surface area contributed by atoms with E-state index in [-0.39, 0.29) is 0 Å². The summed E-state index contributed by atoms with van der Waals surface area (Å²) in [5.74, 6) is 3.77. The van der Waals surface area contributed by atoms with Crippen molar-refractivity contribution in [2.45, 2.75) is 11.2 Å². The highest BCUT2D eigenvalue weighted by molar-refractivity contribution is 5.58. The molecule has 0 atom stereocenters. The number of benzene rings is 4. The van der Waals surface area contributed by atoms with Gasteiger partial charge in [0.1, 0.15) is 5.41 Å². The quantitative estimate of drug-likeness (QED) is 0.297. The molecule has 0 saturated carbocycles. The molecule has 0 heterocycles. The van der Waals surface area contributed by atoms with Gasteiger partial charge in [-0.3, -0.25) is 0 Å². The highest BCUT2D eigenvalue weighted by atomic mass is 16.5. The van der Waals surface area contributed by atoms with Crippen molar-refractivity contribution in [3.63, 3.8) is 0 Å². The minimum absolute atomic E-state index is 0.334. The molecule has 4 aromatic rings. The van der Waals surface area contributed by atoms with Crippen LogP contribution in [0.25, 0.3) is 0 Å². The van der Waals surface area contributed by atoms with Crippen LogP contribution in [0.1, 0.15) is 22.3 Å². The van der Waals surface area contributed by atoms with Crippen molar-refractivity contribution in [2.75, 3.05) is 0 Å². The molecule has 146 valence electrons. The summed E-state index contributed by atoms with van der Waals surface area (Å²) in [5, 5.41) is 21.5. The van der Waals surface area contributed by atoms with Gasteiger partial charge in [-0.15, -0.1) is 0 Å². The molecule has 2 N–H and O–H groups in total. The second-order valence-corrected chi connectivity index (χ2v) is 7.14. The van der Waals surface area contributed by atoms with Crippen LogP contribution in [0.2, 0.25) is 0 Å². The Bertz CT molecular complexity index is 1040. The SMILES string of the molecule is OC(O)(C#CC(c1ccccc1)(c1ccccc1)c1ccccc1)c1ccccc1. The Balaban J connectivity index is 2.00. The first kappa shape index (κ1) is 19.7. The van der Waals surface area contributed by atoms with Crippen molar-refractivity contribution in [3.8, 4) is 11.8 Å². The van der Waals surface area contributed by atoms with Gasteiger partial charge in [-0.2, -0.15) is 0 Å². The lowest BCUT2D eigenvalue weighted by atomic mass is 9.70. The summed E-state index contributed by atoms with van der Waals surface area (Å²) in [4.78, 5) is 0. The normalized spacial score (nSPS) is 11.4. The predicted molar refractivity (Wildman–Crippen MR) is 120 cm³/mol. The van der Waals surface area contributed by atoms with Gasteiger partial charge in [0.2, 0.25) is 0 Å². The van der Waals surface area contributed by atoms with Gasteiger partial charge >= 0.3 is 0 Å². The van der Waals surface area contributed by atoms with Crippen LogP contribution in [0, 0.1) is 11.8 Å². The topological polar surface area (TPSA) is 40.5 Å². The number of rotatable bonds is 4. The molecule has 2 heteroatoms. The van der Waals surface area contributed by atoms with Crippen molar-refractivity contribution in [2.24, 2.45) is 0 Å². The molecule has 0 amide bonds. The molecule has 0 bridgehead atoms. The van der Waals surface area contributed by atoms with Crippen LogP contribution in [0.4, 0.5) is 0 Å². The number of aliphatic hydroxyl groups is 2. The Morgan fingerprint density at radius 2 is 0.700 bits per heavy atom. The van der Waals surface area contributed by atoms with Crippen molar-refractivity contribution < 1.29 is 10.2 Å². The first-order valence-corrected chi connectivity index (χ1v) is 9.84. The fourth-order valence-corrected chi connectivity index (χ4v) is 3.70. The summed E-state index contributed by atoms with van der Waals surface area (Å²) < 4.78 is 0. The molecule has 0 aromatic heterocycles. The lowest BCUT2D eigenvalue weighted by Gasteiger charge is -2.31. The van der Waals surface area contributed by atoms with E-state index in [0.717, 1.165) is 16.7 Å². The lowest BCUT2D eigenvalue weighted by molar-refractivity contribution is -0.116.